The van der Waals surface area contributed by atoms with E-state index in [0.29, 0.717) is 5.56 Å². The minimum atomic E-state index is -0.811. The number of carbonyl (C=O) groups is 2. The molecule has 0 aliphatic heterocycles. The van der Waals surface area contributed by atoms with Crippen molar-refractivity contribution in [3.8, 4) is 17.6 Å². The number of rotatable bonds is 10. The van der Waals surface area contributed by atoms with Crippen LogP contribution >= 0.6 is 11.3 Å². The number of non-ortho nitro benzene ring substituents is 1. The van der Waals surface area contributed by atoms with E-state index >= 15 is 0 Å². The van der Waals surface area contributed by atoms with Gasteiger partial charge in [-0.3, -0.25) is 14.9 Å². The van der Waals surface area contributed by atoms with Crippen LogP contribution < -0.4 is 14.8 Å². The standard InChI is InChI=1S/C23H23N3O7S/c1-6-8-33-20-15(10-17(26(29)30)11-18(20)31-5)9-16(12-24)21(27)25-22-19(23(28)32-7-2)13(3)14(4)34-22/h6,9-11H,1,7-8H2,2-5H3,(H,25,27). The highest BCUT2D eigenvalue weighted by Gasteiger charge is 2.24. The SMILES string of the molecule is C=CCOc1c(C=C(C#N)C(=O)Nc2sc(C)c(C)c2C(=O)OCC)cc([N+](=O)[O-])cc1OC. The van der Waals surface area contributed by atoms with Crippen molar-refractivity contribution in [2.45, 2.75) is 20.8 Å². The quantitative estimate of drug-likeness (QED) is 0.129. The number of amides is 1. The van der Waals surface area contributed by atoms with Gasteiger partial charge in [-0.15, -0.1) is 11.3 Å². The average molecular weight is 486 g/mol. The molecule has 1 N–H and O–H groups in total. The van der Waals surface area contributed by atoms with Crippen LogP contribution in [0.1, 0.15) is 33.3 Å². The molecular formula is C23H23N3O7S. The molecule has 1 amide bonds. The summed E-state index contributed by atoms with van der Waals surface area (Å²) in [5.74, 6) is -1.25. The van der Waals surface area contributed by atoms with Crippen LogP contribution in [0, 0.1) is 35.3 Å². The number of esters is 1. The van der Waals surface area contributed by atoms with Crippen LogP contribution in [0.25, 0.3) is 6.08 Å². The van der Waals surface area contributed by atoms with Gasteiger partial charge in [0.25, 0.3) is 11.6 Å². The van der Waals surface area contributed by atoms with Crippen LogP contribution in [-0.4, -0.2) is 37.1 Å². The zero-order chi connectivity index (χ0) is 25.4. The smallest absolute Gasteiger partial charge is 0.341 e. The first-order valence-corrected chi connectivity index (χ1v) is 10.8. The summed E-state index contributed by atoms with van der Waals surface area (Å²) in [7, 11) is 1.31. The molecule has 1 aromatic heterocycles. The normalized spacial score (nSPS) is 10.7. The third-order valence-electron chi connectivity index (χ3n) is 4.60. The second-order valence-electron chi connectivity index (χ2n) is 6.75. The molecule has 2 aromatic rings. The molecule has 0 saturated carbocycles. The molecule has 0 unspecified atom stereocenters. The Morgan fingerprint density at radius 2 is 2.06 bits per heavy atom. The molecule has 2 rings (SSSR count). The van der Waals surface area contributed by atoms with Crippen molar-refractivity contribution < 1.29 is 28.7 Å². The number of hydrogen-bond acceptors (Lipinski definition) is 9. The molecule has 1 heterocycles. The maximum atomic E-state index is 12.9. The maximum absolute atomic E-state index is 12.9. The van der Waals surface area contributed by atoms with Crippen molar-refractivity contribution in [1.29, 1.82) is 5.26 Å². The van der Waals surface area contributed by atoms with Crippen LogP contribution in [0.3, 0.4) is 0 Å². The lowest BCUT2D eigenvalue weighted by molar-refractivity contribution is -0.385. The van der Waals surface area contributed by atoms with Gasteiger partial charge in [-0.1, -0.05) is 12.7 Å². The molecule has 11 heteroatoms. The number of nitro groups is 1. The number of carbonyl (C=O) groups excluding carboxylic acids is 2. The molecule has 0 saturated heterocycles. The molecule has 34 heavy (non-hydrogen) atoms. The summed E-state index contributed by atoms with van der Waals surface area (Å²) in [6.07, 6.45) is 2.62. The minimum absolute atomic E-state index is 0.0501. The van der Waals surface area contributed by atoms with E-state index in [1.165, 1.54) is 30.6 Å². The lowest BCUT2D eigenvalue weighted by Crippen LogP contribution is -2.16. The number of nitro benzene ring substituents is 1. The Labute approximate surface area is 200 Å². The Morgan fingerprint density at radius 1 is 1.35 bits per heavy atom. The van der Waals surface area contributed by atoms with Gasteiger partial charge in [-0.05, 0) is 32.4 Å². The minimum Gasteiger partial charge on any atom is -0.493 e. The number of benzene rings is 1. The van der Waals surface area contributed by atoms with Gasteiger partial charge in [0.2, 0.25) is 0 Å². The largest absolute Gasteiger partial charge is 0.493 e. The molecule has 0 aliphatic rings. The first-order chi connectivity index (χ1) is 16.2. The fraction of sp³-hybridized carbons (Fsp3) is 0.261. The molecule has 0 bridgehead atoms. The highest BCUT2D eigenvalue weighted by molar-refractivity contribution is 7.16. The number of aryl methyl sites for hydroxylation is 1. The number of nitrogens with zero attached hydrogens (tertiary/aromatic N) is 2. The second kappa shape index (κ2) is 11.6. The molecule has 0 radical (unpaired) electrons. The van der Waals surface area contributed by atoms with Crippen LogP contribution in [0.15, 0.2) is 30.4 Å². The van der Waals surface area contributed by atoms with Gasteiger partial charge in [-0.2, -0.15) is 5.26 Å². The van der Waals surface area contributed by atoms with E-state index in [0.717, 1.165) is 17.0 Å². The van der Waals surface area contributed by atoms with Gasteiger partial charge in [0.1, 0.15) is 23.3 Å². The summed E-state index contributed by atoms with van der Waals surface area (Å²) in [6, 6.07) is 4.12. The first-order valence-electron chi connectivity index (χ1n) is 9.98. The molecule has 1 aromatic carbocycles. The number of hydrogen-bond donors (Lipinski definition) is 1. The highest BCUT2D eigenvalue weighted by Crippen LogP contribution is 2.38. The van der Waals surface area contributed by atoms with Gasteiger partial charge in [0.15, 0.2) is 11.5 Å². The Kier molecular flexibility index (Phi) is 8.92. The zero-order valence-electron chi connectivity index (χ0n) is 19.1. The summed E-state index contributed by atoms with van der Waals surface area (Å²) in [5.41, 5.74) is 0.265. The van der Waals surface area contributed by atoms with E-state index in [9.17, 15) is 25.0 Å². The number of anilines is 1. The highest BCUT2D eigenvalue weighted by atomic mass is 32.1. The molecular weight excluding hydrogens is 462 g/mol. The predicted octanol–water partition coefficient (Wildman–Crippen LogP) is 4.57. The van der Waals surface area contributed by atoms with Crippen molar-refractivity contribution >= 4 is 40.0 Å². The lowest BCUT2D eigenvalue weighted by Gasteiger charge is -2.13. The number of ether oxygens (including phenoxy) is 3. The van der Waals surface area contributed by atoms with Gasteiger partial charge < -0.3 is 19.5 Å². The van der Waals surface area contributed by atoms with Crippen LogP contribution in [0.5, 0.6) is 11.5 Å². The Bertz CT molecular complexity index is 1210. The summed E-state index contributed by atoms with van der Waals surface area (Å²) >= 11 is 1.17. The molecule has 178 valence electrons. The summed E-state index contributed by atoms with van der Waals surface area (Å²) in [6.45, 7) is 8.96. The van der Waals surface area contributed by atoms with E-state index in [2.05, 4.69) is 11.9 Å². The first kappa shape index (κ1) is 26.1. The number of nitriles is 1. The molecule has 0 fully saturated rings. The van der Waals surface area contributed by atoms with E-state index in [1.54, 1.807) is 26.8 Å². The molecule has 0 aliphatic carbocycles. The fourth-order valence-corrected chi connectivity index (χ4v) is 3.95. The third kappa shape index (κ3) is 5.79. The summed E-state index contributed by atoms with van der Waals surface area (Å²) in [5, 5.41) is 23.8. The Hall–Kier alpha value is -4.17. The number of methoxy groups -OCH3 is 1. The van der Waals surface area contributed by atoms with Crippen molar-refractivity contribution in [1.82, 2.24) is 0 Å². The number of thiophene rings is 1. The maximum Gasteiger partial charge on any atom is 0.341 e. The summed E-state index contributed by atoms with van der Waals surface area (Å²) in [4.78, 5) is 36.8. The van der Waals surface area contributed by atoms with E-state index in [4.69, 9.17) is 14.2 Å². The van der Waals surface area contributed by atoms with Gasteiger partial charge >= 0.3 is 5.97 Å². The molecule has 0 atom stereocenters. The summed E-state index contributed by atoms with van der Waals surface area (Å²) < 4.78 is 15.8. The number of nitrogens with one attached hydrogen (secondary N) is 1. The zero-order valence-corrected chi connectivity index (χ0v) is 19.9. The average Bonchev–Trinajstić information content (AvgIpc) is 3.08. The van der Waals surface area contributed by atoms with Crippen molar-refractivity contribution in [2.24, 2.45) is 0 Å². The molecule has 0 spiro atoms. The van der Waals surface area contributed by atoms with Crippen LogP contribution in [0.2, 0.25) is 0 Å². The van der Waals surface area contributed by atoms with Gasteiger partial charge in [0.05, 0.1) is 30.3 Å². The van der Waals surface area contributed by atoms with Crippen LogP contribution in [0.4, 0.5) is 10.7 Å². The third-order valence-corrected chi connectivity index (χ3v) is 5.72. The van der Waals surface area contributed by atoms with Gasteiger partial charge in [-0.25, -0.2) is 4.79 Å². The Balaban J connectivity index is 2.54. The van der Waals surface area contributed by atoms with Crippen LogP contribution in [-0.2, 0) is 9.53 Å². The fourth-order valence-electron chi connectivity index (χ4n) is 2.91. The van der Waals surface area contributed by atoms with Crippen molar-refractivity contribution in [3.63, 3.8) is 0 Å². The van der Waals surface area contributed by atoms with Crippen molar-refractivity contribution in [3.05, 3.63) is 62.0 Å². The van der Waals surface area contributed by atoms with E-state index in [-0.39, 0.29) is 52.1 Å². The predicted molar refractivity (Wildman–Crippen MR) is 127 cm³/mol. The monoisotopic (exact) mass is 485 g/mol. The molecule has 10 nitrogen and oxygen atoms in total. The topological polar surface area (TPSA) is 141 Å². The van der Waals surface area contributed by atoms with Gasteiger partial charge in [0, 0.05) is 16.5 Å². The van der Waals surface area contributed by atoms with E-state index < -0.39 is 16.8 Å². The van der Waals surface area contributed by atoms with Crippen molar-refractivity contribution in [2.75, 3.05) is 25.6 Å². The lowest BCUT2D eigenvalue weighted by atomic mass is 10.1. The Morgan fingerprint density at radius 3 is 2.62 bits per heavy atom. The second-order valence-corrected chi connectivity index (χ2v) is 7.98. The van der Waals surface area contributed by atoms with E-state index in [1.807, 2.05) is 0 Å².